The number of benzene rings is 2. The van der Waals surface area contributed by atoms with Crippen LogP contribution < -0.4 is 0 Å². The van der Waals surface area contributed by atoms with E-state index in [2.05, 4.69) is 0 Å². The van der Waals surface area contributed by atoms with Gasteiger partial charge in [0.2, 0.25) is 0 Å². The Morgan fingerprint density at radius 1 is 1.00 bits per heavy atom. The molecular formula is C14H8ClF2N. The lowest BCUT2D eigenvalue weighted by Crippen LogP contribution is -1.91. The number of rotatable bonds is 2. The molecule has 2 rings (SSSR count). The molecule has 18 heavy (non-hydrogen) atoms. The molecule has 0 aromatic heterocycles. The summed E-state index contributed by atoms with van der Waals surface area (Å²) in [6, 6.07) is 10.3. The SMILES string of the molecule is N#CCc1ccc(-c2ccc(Cl)cc2F)c(F)c1. The number of nitrogens with zero attached hydrogens (tertiary/aromatic N) is 1. The van der Waals surface area contributed by atoms with Crippen LogP contribution in [-0.4, -0.2) is 0 Å². The summed E-state index contributed by atoms with van der Waals surface area (Å²) in [6.07, 6.45) is 0.125. The highest BCUT2D eigenvalue weighted by molar-refractivity contribution is 6.30. The predicted molar refractivity (Wildman–Crippen MR) is 66.1 cm³/mol. The maximum Gasteiger partial charge on any atom is 0.132 e. The minimum Gasteiger partial charge on any atom is -0.206 e. The van der Waals surface area contributed by atoms with Crippen LogP contribution in [0.2, 0.25) is 5.02 Å². The van der Waals surface area contributed by atoms with Crippen molar-refractivity contribution < 1.29 is 8.78 Å². The third-order valence-corrected chi connectivity index (χ3v) is 2.77. The van der Waals surface area contributed by atoms with E-state index in [9.17, 15) is 8.78 Å². The topological polar surface area (TPSA) is 23.8 Å². The van der Waals surface area contributed by atoms with Crippen molar-refractivity contribution in [2.75, 3.05) is 0 Å². The summed E-state index contributed by atoms with van der Waals surface area (Å²) in [4.78, 5) is 0. The predicted octanol–water partition coefficient (Wildman–Crippen LogP) is 4.35. The Hall–Kier alpha value is -1.92. The molecule has 0 amide bonds. The molecule has 4 heteroatoms. The lowest BCUT2D eigenvalue weighted by atomic mass is 10.0. The van der Waals surface area contributed by atoms with Crippen molar-refractivity contribution in [3.05, 3.63) is 58.6 Å². The molecule has 0 aliphatic carbocycles. The zero-order valence-electron chi connectivity index (χ0n) is 9.25. The summed E-state index contributed by atoms with van der Waals surface area (Å²) >= 11 is 5.64. The number of hydrogen-bond acceptors (Lipinski definition) is 1. The Balaban J connectivity index is 2.48. The first kappa shape index (κ1) is 12.5. The third-order valence-electron chi connectivity index (χ3n) is 2.54. The van der Waals surface area contributed by atoms with Crippen molar-refractivity contribution in [1.82, 2.24) is 0 Å². The van der Waals surface area contributed by atoms with Gasteiger partial charge in [-0.2, -0.15) is 5.26 Å². The summed E-state index contributed by atoms with van der Waals surface area (Å²) in [5.74, 6) is -1.13. The Kier molecular flexibility index (Phi) is 3.59. The van der Waals surface area contributed by atoms with Crippen LogP contribution in [0.5, 0.6) is 0 Å². The molecule has 0 aliphatic rings. The molecule has 0 N–H and O–H groups in total. The molecule has 0 spiro atoms. The van der Waals surface area contributed by atoms with Gasteiger partial charge in [0.1, 0.15) is 11.6 Å². The Morgan fingerprint density at radius 2 is 1.61 bits per heavy atom. The Morgan fingerprint density at radius 3 is 2.17 bits per heavy atom. The molecule has 0 unspecified atom stereocenters. The van der Waals surface area contributed by atoms with Crippen LogP contribution in [0.1, 0.15) is 5.56 Å². The van der Waals surface area contributed by atoms with Gasteiger partial charge in [-0.1, -0.05) is 23.7 Å². The minimum atomic E-state index is -0.575. The van der Waals surface area contributed by atoms with Crippen molar-refractivity contribution >= 4 is 11.6 Å². The van der Waals surface area contributed by atoms with Crippen molar-refractivity contribution in [3.8, 4) is 17.2 Å². The average molecular weight is 264 g/mol. The highest BCUT2D eigenvalue weighted by Gasteiger charge is 2.11. The molecule has 90 valence electrons. The fourth-order valence-corrected chi connectivity index (χ4v) is 1.84. The second-order valence-corrected chi connectivity index (χ2v) is 4.21. The van der Waals surface area contributed by atoms with E-state index in [0.29, 0.717) is 5.56 Å². The summed E-state index contributed by atoms with van der Waals surface area (Å²) in [7, 11) is 0. The normalized spacial score (nSPS) is 10.1. The molecule has 0 radical (unpaired) electrons. The second kappa shape index (κ2) is 5.16. The first-order valence-electron chi connectivity index (χ1n) is 5.22. The largest absolute Gasteiger partial charge is 0.206 e. The second-order valence-electron chi connectivity index (χ2n) is 3.77. The first-order chi connectivity index (χ1) is 8.61. The van der Waals surface area contributed by atoms with Gasteiger partial charge < -0.3 is 0 Å². The van der Waals surface area contributed by atoms with Crippen molar-refractivity contribution in [3.63, 3.8) is 0 Å². The zero-order valence-corrected chi connectivity index (χ0v) is 10.0. The molecule has 1 nitrogen and oxygen atoms in total. The quantitative estimate of drug-likeness (QED) is 0.790. The van der Waals surface area contributed by atoms with Crippen LogP contribution in [0.3, 0.4) is 0 Å². The van der Waals surface area contributed by atoms with Gasteiger partial charge in [0.25, 0.3) is 0 Å². The van der Waals surface area contributed by atoms with E-state index in [0.717, 1.165) is 6.07 Å². The highest BCUT2D eigenvalue weighted by Crippen LogP contribution is 2.28. The van der Waals surface area contributed by atoms with E-state index >= 15 is 0 Å². The van der Waals surface area contributed by atoms with Crippen LogP contribution in [0, 0.1) is 23.0 Å². The molecule has 0 saturated carbocycles. The molecule has 0 atom stereocenters. The molecule has 2 aromatic rings. The van der Waals surface area contributed by atoms with Crippen LogP contribution >= 0.6 is 11.6 Å². The van der Waals surface area contributed by atoms with E-state index in [4.69, 9.17) is 16.9 Å². The van der Waals surface area contributed by atoms with Gasteiger partial charge in [0, 0.05) is 16.1 Å². The summed E-state index contributed by atoms with van der Waals surface area (Å²) < 4.78 is 27.5. The smallest absolute Gasteiger partial charge is 0.132 e. The lowest BCUT2D eigenvalue weighted by Gasteiger charge is -2.06. The van der Waals surface area contributed by atoms with Crippen LogP contribution in [0.4, 0.5) is 8.78 Å². The van der Waals surface area contributed by atoms with E-state index < -0.39 is 11.6 Å². The zero-order chi connectivity index (χ0) is 13.1. The van der Waals surface area contributed by atoms with E-state index in [-0.39, 0.29) is 22.6 Å². The van der Waals surface area contributed by atoms with Gasteiger partial charge in [-0.25, -0.2) is 8.78 Å². The van der Waals surface area contributed by atoms with Crippen molar-refractivity contribution in [2.45, 2.75) is 6.42 Å². The monoisotopic (exact) mass is 263 g/mol. The van der Waals surface area contributed by atoms with E-state index in [1.165, 1.54) is 24.3 Å². The maximum atomic E-state index is 13.8. The van der Waals surface area contributed by atoms with Crippen LogP contribution in [-0.2, 0) is 6.42 Å². The number of halogens is 3. The summed E-state index contributed by atoms with van der Waals surface area (Å²) in [5.41, 5.74) is 0.874. The molecule has 0 saturated heterocycles. The van der Waals surface area contributed by atoms with Gasteiger partial charge in [0.05, 0.1) is 12.5 Å². The minimum absolute atomic E-state index is 0.125. The van der Waals surface area contributed by atoms with Gasteiger partial charge in [0.15, 0.2) is 0 Å². The van der Waals surface area contributed by atoms with Gasteiger partial charge in [-0.3, -0.25) is 0 Å². The van der Waals surface area contributed by atoms with E-state index in [1.807, 2.05) is 6.07 Å². The third kappa shape index (κ3) is 2.49. The van der Waals surface area contributed by atoms with Crippen molar-refractivity contribution in [1.29, 1.82) is 5.26 Å². The highest BCUT2D eigenvalue weighted by atomic mass is 35.5. The standard InChI is InChI=1S/C14H8ClF2N/c15-10-2-4-12(14(17)8-10)11-3-1-9(5-6-18)7-13(11)16/h1-4,7-8H,5H2. The maximum absolute atomic E-state index is 13.8. The molecule has 0 aliphatic heterocycles. The van der Waals surface area contributed by atoms with Crippen molar-refractivity contribution in [2.24, 2.45) is 0 Å². The number of nitriles is 1. The molecule has 0 fully saturated rings. The molecule has 0 heterocycles. The van der Waals surface area contributed by atoms with Crippen LogP contribution in [0.15, 0.2) is 36.4 Å². The van der Waals surface area contributed by atoms with E-state index in [1.54, 1.807) is 6.07 Å². The first-order valence-corrected chi connectivity index (χ1v) is 5.60. The lowest BCUT2D eigenvalue weighted by molar-refractivity contribution is 0.615. The molecule has 0 bridgehead atoms. The fraction of sp³-hybridized carbons (Fsp3) is 0.0714. The average Bonchev–Trinajstić information content (AvgIpc) is 2.31. The Bertz CT molecular complexity index is 632. The summed E-state index contributed by atoms with van der Waals surface area (Å²) in [5, 5.41) is 8.79. The molecule has 2 aromatic carbocycles. The number of hydrogen-bond donors (Lipinski definition) is 0. The van der Waals surface area contributed by atoms with Crippen LogP contribution in [0.25, 0.3) is 11.1 Å². The van der Waals surface area contributed by atoms with Gasteiger partial charge >= 0.3 is 0 Å². The van der Waals surface area contributed by atoms with Gasteiger partial charge in [-0.15, -0.1) is 0 Å². The summed E-state index contributed by atoms with van der Waals surface area (Å²) in [6.45, 7) is 0. The van der Waals surface area contributed by atoms with Gasteiger partial charge in [-0.05, 0) is 29.8 Å². The fourth-order valence-electron chi connectivity index (χ4n) is 1.69. The Labute approximate surface area is 108 Å². The molecular weight excluding hydrogens is 256 g/mol.